The third-order valence-electron chi connectivity index (χ3n) is 4.15. The fourth-order valence-corrected chi connectivity index (χ4v) is 3.76. The number of carbonyl (C=O) groups excluding carboxylic acids is 1. The summed E-state index contributed by atoms with van der Waals surface area (Å²) in [5, 5.41) is 0.781. The van der Waals surface area contributed by atoms with Crippen molar-refractivity contribution in [2.75, 3.05) is 30.6 Å². The van der Waals surface area contributed by atoms with Crippen molar-refractivity contribution in [3.05, 3.63) is 39.1 Å². The number of halogens is 3. The van der Waals surface area contributed by atoms with E-state index in [0.717, 1.165) is 11.3 Å². The van der Waals surface area contributed by atoms with Crippen LogP contribution in [-0.2, 0) is 6.54 Å². The molecule has 1 aromatic heterocycles. The molecule has 1 aromatic carbocycles. The van der Waals surface area contributed by atoms with E-state index in [-0.39, 0.29) is 22.6 Å². The van der Waals surface area contributed by atoms with Gasteiger partial charge in [-0.05, 0) is 13.0 Å². The van der Waals surface area contributed by atoms with Crippen LogP contribution in [0.4, 0.5) is 16.2 Å². The van der Waals surface area contributed by atoms with Crippen molar-refractivity contribution in [2.45, 2.75) is 13.5 Å². The molecule has 2 aromatic rings. The number of carbonyl (C=O) groups is 1. The van der Waals surface area contributed by atoms with E-state index in [0.29, 0.717) is 28.9 Å². The Morgan fingerprint density at radius 1 is 1.12 bits per heavy atom. The summed E-state index contributed by atoms with van der Waals surface area (Å²) in [4.78, 5) is 20.3. The zero-order valence-corrected chi connectivity index (χ0v) is 16.6. The fraction of sp³-hybridized carbons (Fsp3) is 0.294. The number of hydrogen-bond donors (Lipinski definition) is 0. The number of nitrogens with zero attached hydrogens (tertiary/aromatic N) is 3. The number of aromatic nitrogens is 1. The second kappa shape index (κ2) is 7.39. The molecule has 0 N–H and O–H groups in total. The van der Waals surface area contributed by atoms with Crippen molar-refractivity contribution < 1.29 is 14.3 Å². The molecule has 2 amide bonds. The highest BCUT2D eigenvalue weighted by atomic mass is 35.5. The summed E-state index contributed by atoms with van der Waals surface area (Å²) < 4.78 is 10.6. The molecule has 0 bridgehead atoms. The lowest BCUT2D eigenvalue weighted by Gasteiger charge is -2.37. The quantitative estimate of drug-likeness (QED) is 0.656. The molecule has 138 valence electrons. The number of amides is 2. The summed E-state index contributed by atoms with van der Waals surface area (Å²) in [5.41, 5.74) is 1.87. The molecule has 2 heterocycles. The molecule has 9 heteroatoms. The zero-order chi connectivity index (χ0) is 19.0. The van der Waals surface area contributed by atoms with Gasteiger partial charge in [-0.25, -0.2) is 9.78 Å². The summed E-state index contributed by atoms with van der Waals surface area (Å²) in [6.07, 6.45) is 1.64. The lowest BCUT2D eigenvalue weighted by Crippen LogP contribution is -2.47. The molecule has 0 spiro atoms. The normalized spacial score (nSPS) is 13.7. The predicted molar refractivity (Wildman–Crippen MR) is 103 cm³/mol. The van der Waals surface area contributed by atoms with Crippen LogP contribution < -0.4 is 19.3 Å². The zero-order valence-electron chi connectivity index (χ0n) is 14.3. The van der Waals surface area contributed by atoms with Gasteiger partial charge >= 0.3 is 6.03 Å². The fourth-order valence-electron chi connectivity index (χ4n) is 2.90. The molecule has 0 atom stereocenters. The largest absolute Gasteiger partial charge is 0.495 e. The average Bonchev–Trinajstić information content (AvgIpc) is 2.63. The van der Waals surface area contributed by atoms with Crippen LogP contribution in [-0.4, -0.2) is 31.8 Å². The van der Waals surface area contributed by atoms with Crippen LogP contribution in [0, 0.1) is 0 Å². The Balaban J connectivity index is 2.19. The standard InChI is InChI=1S/C17H16Cl3N3O3/c1-4-22-10-5-13(18)21-7-9(10)8-23(17(22)24)16-14(19)11(25-2)6-12(26-3)15(16)20/h5-7H,4,8H2,1-3H3. The van der Waals surface area contributed by atoms with E-state index in [1.54, 1.807) is 23.2 Å². The molecule has 1 aliphatic rings. The second-order valence-corrected chi connectivity index (χ2v) is 6.65. The summed E-state index contributed by atoms with van der Waals surface area (Å²) in [7, 11) is 2.96. The number of urea groups is 1. The molecule has 6 nitrogen and oxygen atoms in total. The van der Waals surface area contributed by atoms with Gasteiger partial charge in [-0.2, -0.15) is 0 Å². The predicted octanol–water partition coefficient (Wildman–Crippen LogP) is 5.03. The summed E-state index contributed by atoms with van der Waals surface area (Å²) >= 11 is 18.9. The van der Waals surface area contributed by atoms with Crippen molar-refractivity contribution in [1.29, 1.82) is 0 Å². The third-order valence-corrected chi connectivity index (χ3v) is 5.08. The first kappa shape index (κ1) is 18.9. The Kier molecular flexibility index (Phi) is 5.37. The summed E-state index contributed by atoms with van der Waals surface area (Å²) in [6.45, 7) is 2.55. The van der Waals surface area contributed by atoms with Crippen molar-refractivity contribution in [3.8, 4) is 11.5 Å². The molecule has 0 saturated carbocycles. The van der Waals surface area contributed by atoms with Crippen molar-refractivity contribution in [3.63, 3.8) is 0 Å². The molecular formula is C17H16Cl3N3O3. The SMILES string of the molecule is CCN1C(=O)N(c2c(Cl)c(OC)cc(OC)c2Cl)Cc2cnc(Cl)cc21. The van der Waals surface area contributed by atoms with Gasteiger partial charge in [0.2, 0.25) is 0 Å². The number of fused-ring (bicyclic) bond motifs is 1. The molecule has 26 heavy (non-hydrogen) atoms. The molecule has 3 rings (SSSR count). The van der Waals surface area contributed by atoms with Crippen molar-refractivity contribution in [2.24, 2.45) is 0 Å². The van der Waals surface area contributed by atoms with Gasteiger partial charge in [0.15, 0.2) is 0 Å². The Labute approximate surface area is 166 Å². The molecule has 1 aliphatic heterocycles. The van der Waals surface area contributed by atoms with Crippen LogP contribution in [0.1, 0.15) is 12.5 Å². The van der Waals surface area contributed by atoms with Gasteiger partial charge in [0.05, 0.1) is 32.1 Å². The molecule has 0 aliphatic carbocycles. The van der Waals surface area contributed by atoms with E-state index in [9.17, 15) is 4.79 Å². The first-order valence-corrected chi connectivity index (χ1v) is 8.89. The van der Waals surface area contributed by atoms with Gasteiger partial charge in [0, 0.05) is 24.4 Å². The molecular weight excluding hydrogens is 401 g/mol. The van der Waals surface area contributed by atoms with Crippen LogP contribution in [0.15, 0.2) is 18.3 Å². The maximum Gasteiger partial charge on any atom is 0.329 e. The van der Waals surface area contributed by atoms with Gasteiger partial charge in [-0.1, -0.05) is 34.8 Å². The maximum atomic E-state index is 13.1. The number of anilines is 2. The van der Waals surface area contributed by atoms with Gasteiger partial charge in [-0.15, -0.1) is 0 Å². The van der Waals surface area contributed by atoms with E-state index < -0.39 is 0 Å². The Morgan fingerprint density at radius 2 is 1.73 bits per heavy atom. The van der Waals surface area contributed by atoms with E-state index in [2.05, 4.69) is 4.98 Å². The van der Waals surface area contributed by atoms with Crippen LogP contribution in [0.2, 0.25) is 15.2 Å². The number of methoxy groups -OCH3 is 2. The monoisotopic (exact) mass is 415 g/mol. The maximum absolute atomic E-state index is 13.1. The summed E-state index contributed by atoms with van der Waals surface area (Å²) in [6, 6.07) is 2.97. The first-order valence-electron chi connectivity index (χ1n) is 7.76. The highest BCUT2D eigenvalue weighted by molar-refractivity contribution is 6.42. The molecule has 0 radical (unpaired) electrons. The van der Waals surface area contributed by atoms with Gasteiger partial charge in [-0.3, -0.25) is 9.80 Å². The number of rotatable bonds is 4. The van der Waals surface area contributed by atoms with Crippen molar-refractivity contribution >= 4 is 52.2 Å². The molecule has 0 fully saturated rings. The van der Waals surface area contributed by atoms with E-state index in [4.69, 9.17) is 44.3 Å². The van der Waals surface area contributed by atoms with E-state index in [1.165, 1.54) is 19.1 Å². The minimum Gasteiger partial charge on any atom is -0.495 e. The summed E-state index contributed by atoms with van der Waals surface area (Å²) in [5.74, 6) is 0.720. The van der Waals surface area contributed by atoms with E-state index >= 15 is 0 Å². The number of benzene rings is 1. The van der Waals surface area contributed by atoms with Crippen LogP contribution in [0.25, 0.3) is 0 Å². The minimum atomic E-state index is -0.277. The third kappa shape index (κ3) is 3.02. The average molecular weight is 417 g/mol. The van der Waals surface area contributed by atoms with Crippen LogP contribution >= 0.6 is 34.8 Å². The van der Waals surface area contributed by atoms with Gasteiger partial charge in [0.25, 0.3) is 0 Å². The number of ether oxygens (including phenoxy) is 2. The lowest BCUT2D eigenvalue weighted by atomic mass is 10.1. The van der Waals surface area contributed by atoms with E-state index in [1.807, 2.05) is 6.92 Å². The molecule has 0 saturated heterocycles. The highest BCUT2D eigenvalue weighted by Crippen LogP contribution is 2.48. The Morgan fingerprint density at radius 3 is 2.27 bits per heavy atom. The second-order valence-electron chi connectivity index (χ2n) is 5.51. The number of pyridine rings is 1. The Bertz CT molecular complexity index is 848. The van der Waals surface area contributed by atoms with Crippen molar-refractivity contribution in [1.82, 2.24) is 4.98 Å². The smallest absolute Gasteiger partial charge is 0.329 e. The minimum absolute atomic E-state index is 0.230. The lowest BCUT2D eigenvalue weighted by molar-refractivity contribution is 0.250. The Hall–Kier alpha value is -1.89. The van der Waals surface area contributed by atoms with Gasteiger partial charge < -0.3 is 9.47 Å². The van der Waals surface area contributed by atoms with Crippen LogP contribution in [0.5, 0.6) is 11.5 Å². The highest BCUT2D eigenvalue weighted by Gasteiger charge is 2.34. The first-order chi connectivity index (χ1) is 12.4. The molecule has 0 unspecified atom stereocenters. The topological polar surface area (TPSA) is 54.9 Å². The van der Waals surface area contributed by atoms with Crippen LogP contribution in [0.3, 0.4) is 0 Å². The number of hydrogen-bond acceptors (Lipinski definition) is 4. The van der Waals surface area contributed by atoms with Gasteiger partial charge in [0.1, 0.15) is 26.7 Å².